The van der Waals surface area contributed by atoms with Gasteiger partial charge in [-0.3, -0.25) is 0 Å². The Morgan fingerprint density at radius 1 is 1.43 bits per heavy atom. The number of anilines is 1. The molecule has 0 radical (unpaired) electrons. The summed E-state index contributed by atoms with van der Waals surface area (Å²) in [4.78, 5) is 2.19. The van der Waals surface area contributed by atoms with E-state index in [-0.39, 0.29) is 11.9 Å². The minimum absolute atomic E-state index is 0.0711. The second-order valence-corrected chi connectivity index (χ2v) is 5.49. The number of halogens is 1. The van der Waals surface area contributed by atoms with Crippen LogP contribution in [0.4, 0.5) is 5.69 Å². The Morgan fingerprint density at radius 2 is 2.14 bits per heavy atom. The average molecular weight is 360 g/mol. The van der Waals surface area contributed by atoms with Crippen molar-refractivity contribution in [2.75, 3.05) is 38.9 Å². The van der Waals surface area contributed by atoms with Gasteiger partial charge in [-0.05, 0) is 41.1 Å². The number of rotatable bonds is 8. The number of hydrogen-bond donors (Lipinski definition) is 2. The van der Waals surface area contributed by atoms with Gasteiger partial charge in [0.2, 0.25) is 0 Å². The first-order valence-corrected chi connectivity index (χ1v) is 7.36. The highest BCUT2D eigenvalue weighted by Gasteiger charge is 2.16. The van der Waals surface area contributed by atoms with Gasteiger partial charge in [0.25, 0.3) is 0 Å². The summed E-state index contributed by atoms with van der Waals surface area (Å²) in [5.41, 5.74) is 7.28. The summed E-state index contributed by atoms with van der Waals surface area (Å²) in [6.07, 6.45) is 0. The molecule has 0 aliphatic carbocycles. The van der Waals surface area contributed by atoms with Crippen LogP contribution >= 0.6 is 15.9 Å². The summed E-state index contributed by atoms with van der Waals surface area (Å²) < 4.78 is 11.2. The number of oxime groups is 1. The van der Waals surface area contributed by atoms with Gasteiger partial charge in [0.1, 0.15) is 0 Å². The molecule has 118 valence electrons. The van der Waals surface area contributed by atoms with E-state index in [0.717, 1.165) is 16.7 Å². The Hall–Kier alpha value is -1.31. The summed E-state index contributed by atoms with van der Waals surface area (Å²) >= 11 is 3.45. The second kappa shape index (κ2) is 8.86. The first-order valence-electron chi connectivity index (χ1n) is 6.57. The smallest absolute Gasteiger partial charge is 0.171 e. The highest BCUT2D eigenvalue weighted by Crippen LogP contribution is 2.25. The molecule has 0 aliphatic heterocycles. The van der Waals surface area contributed by atoms with Crippen molar-refractivity contribution in [3.05, 3.63) is 28.2 Å². The molecule has 1 unspecified atom stereocenters. The van der Waals surface area contributed by atoms with Crippen molar-refractivity contribution in [1.29, 1.82) is 0 Å². The molecule has 7 heteroatoms. The lowest BCUT2D eigenvalue weighted by Gasteiger charge is -2.31. The van der Waals surface area contributed by atoms with Crippen LogP contribution in [-0.4, -0.2) is 51.1 Å². The molecule has 0 saturated carbocycles. The van der Waals surface area contributed by atoms with Crippen molar-refractivity contribution < 1.29 is 14.7 Å². The van der Waals surface area contributed by atoms with Crippen molar-refractivity contribution in [1.82, 2.24) is 0 Å². The molecule has 6 nitrogen and oxygen atoms in total. The van der Waals surface area contributed by atoms with Crippen LogP contribution in [0, 0.1) is 0 Å². The van der Waals surface area contributed by atoms with Crippen LogP contribution < -0.4 is 10.6 Å². The minimum atomic E-state index is 0.0711. The van der Waals surface area contributed by atoms with E-state index in [2.05, 4.69) is 32.9 Å². The molecule has 1 atom stereocenters. The normalized spacial score (nSPS) is 13.2. The zero-order chi connectivity index (χ0) is 15.8. The van der Waals surface area contributed by atoms with Crippen LogP contribution in [0.3, 0.4) is 0 Å². The molecule has 0 fully saturated rings. The predicted octanol–water partition coefficient (Wildman–Crippen LogP) is 2.03. The molecule has 0 aliphatic rings. The molecule has 3 N–H and O–H groups in total. The zero-order valence-electron chi connectivity index (χ0n) is 12.5. The van der Waals surface area contributed by atoms with E-state index >= 15 is 0 Å². The van der Waals surface area contributed by atoms with Crippen LogP contribution in [0.15, 0.2) is 27.8 Å². The van der Waals surface area contributed by atoms with Crippen molar-refractivity contribution in [3.63, 3.8) is 0 Å². The number of nitrogens with two attached hydrogens (primary N) is 1. The van der Waals surface area contributed by atoms with Gasteiger partial charge in [-0.15, -0.1) is 0 Å². The fourth-order valence-electron chi connectivity index (χ4n) is 2.07. The van der Waals surface area contributed by atoms with Crippen LogP contribution in [0.5, 0.6) is 0 Å². The van der Waals surface area contributed by atoms with Gasteiger partial charge in [-0.25, -0.2) is 0 Å². The van der Waals surface area contributed by atoms with Crippen LogP contribution in [0.2, 0.25) is 0 Å². The number of hydrogen-bond acceptors (Lipinski definition) is 5. The maximum absolute atomic E-state index is 8.76. The largest absolute Gasteiger partial charge is 0.409 e. The summed E-state index contributed by atoms with van der Waals surface area (Å²) in [6, 6.07) is 5.88. The Kier molecular flexibility index (Phi) is 7.49. The van der Waals surface area contributed by atoms with Gasteiger partial charge in [0.15, 0.2) is 5.84 Å². The fourth-order valence-corrected chi connectivity index (χ4v) is 2.64. The molecule has 0 amide bonds. The molecular weight excluding hydrogens is 338 g/mol. The maximum atomic E-state index is 8.76. The lowest BCUT2D eigenvalue weighted by Crippen LogP contribution is -2.38. The lowest BCUT2D eigenvalue weighted by atomic mass is 10.1. The Labute approximate surface area is 133 Å². The number of ether oxygens (including phenoxy) is 2. The Morgan fingerprint density at radius 3 is 2.67 bits per heavy atom. The van der Waals surface area contributed by atoms with Crippen molar-refractivity contribution in [2.45, 2.75) is 13.0 Å². The molecule has 0 bridgehead atoms. The van der Waals surface area contributed by atoms with Crippen LogP contribution in [-0.2, 0) is 9.47 Å². The molecular formula is C14H22BrN3O3. The van der Waals surface area contributed by atoms with Crippen molar-refractivity contribution >= 4 is 27.5 Å². The van der Waals surface area contributed by atoms with Crippen molar-refractivity contribution in [3.8, 4) is 0 Å². The third-order valence-electron chi connectivity index (χ3n) is 3.14. The molecule has 21 heavy (non-hydrogen) atoms. The Balaban J connectivity index is 3.04. The molecule has 1 aromatic carbocycles. The van der Waals surface area contributed by atoms with Gasteiger partial charge in [-0.2, -0.15) is 0 Å². The van der Waals surface area contributed by atoms with Gasteiger partial charge in [-0.1, -0.05) is 5.16 Å². The maximum Gasteiger partial charge on any atom is 0.171 e. The highest BCUT2D eigenvalue weighted by molar-refractivity contribution is 9.10. The third-order valence-corrected chi connectivity index (χ3v) is 3.80. The molecule has 1 rings (SSSR count). The predicted molar refractivity (Wildman–Crippen MR) is 87.2 cm³/mol. The quantitative estimate of drug-likeness (QED) is 0.321. The first-order chi connectivity index (χ1) is 10.0. The molecule has 1 aromatic rings. The zero-order valence-corrected chi connectivity index (χ0v) is 14.1. The van der Waals surface area contributed by atoms with Gasteiger partial charge < -0.3 is 25.3 Å². The summed E-state index contributed by atoms with van der Waals surface area (Å²) in [5, 5.41) is 11.8. The van der Waals surface area contributed by atoms with Crippen LogP contribution in [0.25, 0.3) is 0 Å². The second-order valence-electron chi connectivity index (χ2n) is 4.64. The van der Waals surface area contributed by atoms with E-state index in [1.807, 2.05) is 18.2 Å². The van der Waals surface area contributed by atoms with Gasteiger partial charge in [0, 0.05) is 42.5 Å². The summed E-state index contributed by atoms with van der Waals surface area (Å²) in [6.45, 7) is 4.07. The first kappa shape index (κ1) is 17.7. The molecule has 0 spiro atoms. The molecule has 0 heterocycles. The van der Waals surface area contributed by atoms with E-state index in [1.54, 1.807) is 14.2 Å². The summed E-state index contributed by atoms with van der Waals surface area (Å²) in [7, 11) is 3.36. The summed E-state index contributed by atoms with van der Waals surface area (Å²) in [5.74, 6) is 0.0711. The average Bonchev–Trinajstić information content (AvgIpc) is 2.47. The van der Waals surface area contributed by atoms with E-state index in [9.17, 15) is 0 Å². The lowest BCUT2D eigenvalue weighted by molar-refractivity contribution is 0.171. The molecule has 0 saturated heterocycles. The number of amidine groups is 1. The molecule has 0 aromatic heterocycles. The van der Waals surface area contributed by atoms with Gasteiger partial charge in [0.05, 0.1) is 13.2 Å². The SMILES string of the molecule is COCCN(c1ccc(/C(N)=N/O)c(Br)c1)C(C)COC. The Bertz CT molecular complexity index is 483. The van der Waals surface area contributed by atoms with E-state index in [4.69, 9.17) is 20.4 Å². The number of methoxy groups -OCH3 is 2. The minimum Gasteiger partial charge on any atom is -0.409 e. The standard InChI is InChI=1S/C14H22BrN3O3/c1-10(9-21-3)18(6-7-20-2)11-4-5-12(13(15)8-11)14(16)17-19/h4-5,8,10,19H,6-7,9H2,1-3H3,(H2,16,17). The third kappa shape index (κ3) is 4.87. The van der Waals surface area contributed by atoms with E-state index < -0.39 is 0 Å². The van der Waals surface area contributed by atoms with E-state index in [1.165, 1.54) is 0 Å². The monoisotopic (exact) mass is 359 g/mol. The van der Waals surface area contributed by atoms with Gasteiger partial charge >= 0.3 is 0 Å². The topological polar surface area (TPSA) is 80.3 Å². The number of nitrogens with zero attached hydrogens (tertiary/aromatic N) is 2. The van der Waals surface area contributed by atoms with E-state index in [0.29, 0.717) is 18.8 Å². The fraction of sp³-hybridized carbons (Fsp3) is 0.500. The van der Waals surface area contributed by atoms with Crippen molar-refractivity contribution in [2.24, 2.45) is 10.9 Å². The number of benzene rings is 1. The highest BCUT2D eigenvalue weighted by atomic mass is 79.9. The van der Waals surface area contributed by atoms with Crippen LogP contribution in [0.1, 0.15) is 12.5 Å².